The van der Waals surface area contributed by atoms with Crippen molar-refractivity contribution in [2.24, 2.45) is 7.05 Å². The molecule has 0 aliphatic heterocycles. The Bertz CT molecular complexity index is 543. The van der Waals surface area contributed by atoms with Gasteiger partial charge in [0.05, 0.1) is 13.3 Å². The molecule has 3 heteroatoms. The van der Waals surface area contributed by atoms with Crippen molar-refractivity contribution in [1.82, 2.24) is 9.78 Å². The average Bonchev–Trinajstić information content (AvgIpc) is 2.71. The van der Waals surface area contributed by atoms with Crippen molar-refractivity contribution in [1.29, 1.82) is 0 Å². The molecule has 1 aliphatic rings. The van der Waals surface area contributed by atoms with Crippen LogP contribution in [0.15, 0.2) is 24.4 Å². The molecule has 0 saturated heterocycles. The van der Waals surface area contributed by atoms with Gasteiger partial charge in [-0.2, -0.15) is 5.10 Å². The van der Waals surface area contributed by atoms with Crippen LogP contribution in [0.2, 0.25) is 0 Å². The van der Waals surface area contributed by atoms with E-state index in [4.69, 9.17) is 4.74 Å². The van der Waals surface area contributed by atoms with Crippen molar-refractivity contribution in [3.05, 3.63) is 35.7 Å². The molecule has 0 fully saturated rings. The van der Waals surface area contributed by atoms with Crippen LogP contribution in [0.4, 0.5) is 0 Å². The van der Waals surface area contributed by atoms with Crippen LogP contribution >= 0.6 is 0 Å². The number of aromatic nitrogens is 2. The van der Waals surface area contributed by atoms with E-state index in [1.165, 1.54) is 22.4 Å². The maximum atomic E-state index is 5.27. The topological polar surface area (TPSA) is 27.1 Å². The summed E-state index contributed by atoms with van der Waals surface area (Å²) >= 11 is 0. The van der Waals surface area contributed by atoms with Crippen molar-refractivity contribution in [2.45, 2.75) is 12.8 Å². The Kier molecular flexibility index (Phi) is 1.99. The third-order valence-electron chi connectivity index (χ3n) is 3.30. The van der Waals surface area contributed by atoms with Gasteiger partial charge in [0.2, 0.25) is 0 Å². The first-order valence-corrected chi connectivity index (χ1v) is 5.48. The van der Waals surface area contributed by atoms with Gasteiger partial charge >= 0.3 is 0 Å². The summed E-state index contributed by atoms with van der Waals surface area (Å²) in [4.78, 5) is 0. The monoisotopic (exact) mass is 214 g/mol. The second kappa shape index (κ2) is 3.37. The number of hydrogen-bond donors (Lipinski definition) is 0. The fourth-order valence-corrected chi connectivity index (χ4v) is 2.39. The van der Waals surface area contributed by atoms with Gasteiger partial charge in [-0.05, 0) is 36.1 Å². The van der Waals surface area contributed by atoms with E-state index in [0.717, 1.165) is 18.6 Å². The average molecular weight is 214 g/mol. The Morgan fingerprint density at radius 2 is 2.12 bits per heavy atom. The molecule has 0 atom stereocenters. The highest BCUT2D eigenvalue weighted by Gasteiger charge is 2.19. The number of rotatable bonds is 1. The van der Waals surface area contributed by atoms with Gasteiger partial charge in [-0.25, -0.2) is 0 Å². The summed E-state index contributed by atoms with van der Waals surface area (Å²) in [6.45, 7) is 0. The van der Waals surface area contributed by atoms with Gasteiger partial charge in [-0.1, -0.05) is 6.07 Å². The van der Waals surface area contributed by atoms with Gasteiger partial charge < -0.3 is 4.74 Å². The quantitative estimate of drug-likeness (QED) is 0.727. The van der Waals surface area contributed by atoms with Crippen molar-refractivity contribution in [3.63, 3.8) is 0 Å². The summed E-state index contributed by atoms with van der Waals surface area (Å²) in [6.07, 6.45) is 4.11. The van der Waals surface area contributed by atoms with Crippen LogP contribution in [0.5, 0.6) is 5.75 Å². The van der Waals surface area contributed by atoms with Crippen LogP contribution in [-0.2, 0) is 19.9 Å². The zero-order chi connectivity index (χ0) is 11.1. The fourth-order valence-electron chi connectivity index (χ4n) is 2.39. The third kappa shape index (κ3) is 1.24. The maximum Gasteiger partial charge on any atom is 0.119 e. The second-order valence-corrected chi connectivity index (χ2v) is 4.15. The number of nitrogens with zero attached hydrogens (tertiary/aromatic N) is 2. The first-order valence-electron chi connectivity index (χ1n) is 5.48. The van der Waals surface area contributed by atoms with Crippen LogP contribution in [0.1, 0.15) is 11.3 Å². The lowest BCUT2D eigenvalue weighted by atomic mass is 9.90. The molecule has 16 heavy (non-hydrogen) atoms. The molecule has 3 nitrogen and oxygen atoms in total. The van der Waals surface area contributed by atoms with Crippen molar-refractivity contribution < 1.29 is 4.74 Å². The molecule has 0 amide bonds. The molecule has 0 radical (unpaired) electrons. The fraction of sp³-hybridized carbons (Fsp3) is 0.308. The molecule has 1 aromatic carbocycles. The van der Waals surface area contributed by atoms with Crippen LogP contribution in [0, 0.1) is 0 Å². The predicted molar refractivity (Wildman–Crippen MR) is 62.6 cm³/mol. The highest BCUT2D eigenvalue weighted by atomic mass is 16.5. The van der Waals surface area contributed by atoms with Crippen LogP contribution in [0.3, 0.4) is 0 Å². The Hall–Kier alpha value is -1.77. The highest BCUT2D eigenvalue weighted by Crippen LogP contribution is 2.35. The molecule has 0 spiro atoms. The molecule has 0 saturated carbocycles. The second-order valence-electron chi connectivity index (χ2n) is 4.15. The van der Waals surface area contributed by atoms with Gasteiger partial charge in [-0.3, -0.25) is 4.68 Å². The summed E-state index contributed by atoms with van der Waals surface area (Å²) in [5, 5.41) is 4.33. The minimum absolute atomic E-state index is 0.912. The van der Waals surface area contributed by atoms with Gasteiger partial charge in [0.1, 0.15) is 5.75 Å². The van der Waals surface area contributed by atoms with Gasteiger partial charge in [0, 0.05) is 18.3 Å². The molecular weight excluding hydrogens is 200 g/mol. The van der Waals surface area contributed by atoms with Crippen LogP contribution < -0.4 is 4.74 Å². The van der Waals surface area contributed by atoms with Gasteiger partial charge in [0.15, 0.2) is 0 Å². The Morgan fingerprint density at radius 1 is 1.25 bits per heavy atom. The van der Waals surface area contributed by atoms with Crippen molar-refractivity contribution in [3.8, 4) is 16.9 Å². The van der Waals surface area contributed by atoms with Gasteiger partial charge in [-0.15, -0.1) is 0 Å². The number of aryl methyl sites for hydroxylation is 2. The number of benzene rings is 1. The van der Waals surface area contributed by atoms with E-state index < -0.39 is 0 Å². The normalized spacial score (nSPS) is 13.1. The lowest BCUT2D eigenvalue weighted by Crippen LogP contribution is -2.07. The first kappa shape index (κ1) is 9.46. The van der Waals surface area contributed by atoms with Crippen molar-refractivity contribution >= 4 is 0 Å². The number of methoxy groups -OCH3 is 1. The number of ether oxygens (including phenoxy) is 1. The molecular formula is C13H14N2O. The molecule has 3 rings (SSSR count). The molecule has 2 aromatic rings. The summed E-state index contributed by atoms with van der Waals surface area (Å²) in [5.74, 6) is 0.912. The Balaban J connectivity index is 2.22. The molecule has 0 bridgehead atoms. The molecule has 1 aromatic heterocycles. The van der Waals surface area contributed by atoms with E-state index in [9.17, 15) is 0 Å². The first-order chi connectivity index (χ1) is 7.79. The predicted octanol–water partition coefficient (Wildman–Crippen LogP) is 2.19. The molecule has 0 unspecified atom stereocenters. The maximum absolute atomic E-state index is 5.27. The standard InChI is InChI=1S/C13H14N2O/c1-15-13-6-4-9-3-5-10(16-2)7-11(9)12(13)8-14-15/h3,5,7-8H,4,6H2,1-2H3. The Morgan fingerprint density at radius 3 is 2.94 bits per heavy atom. The van der Waals surface area contributed by atoms with Crippen LogP contribution in [0.25, 0.3) is 11.1 Å². The minimum Gasteiger partial charge on any atom is -0.497 e. The molecule has 0 N–H and O–H groups in total. The lowest BCUT2D eigenvalue weighted by Gasteiger charge is -2.17. The van der Waals surface area contributed by atoms with Crippen LogP contribution in [-0.4, -0.2) is 16.9 Å². The van der Waals surface area contributed by atoms with Gasteiger partial charge in [0.25, 0.3) is 0 Å². The summed E-state index contributed by atoms with van der Waals surface area (Å²) in [5.41, 5.74) is 5.23. The SMILES string of the molecule is COc1ccc2c(c1)-c1cnn(C)c1CC2. The number of fused-ring (bicyclic) bond motifs is 3. The van der Waals surface area contributed by atoms with E-state index in [1.807, 2.05) is 24.0 Å². The van der Waals surface area contributed by atoms with E-state index in [1.54, 1.807) is 7.11 Å². The minimum atomic E-state index is 0.912. The number of hydrogen-bond acceptors (Lipinski definition) is 2. The lowest BCUT2D eigenvalue weighted by molar-refractivity contribution is 0.415. The highest BCUT2D eigenvalue weighted by molar-refractivity contribution is 5.72. The zero-order valence-corrected chi connectivity index (χ0v) is 9.53. The smallest absolute Gasteiger partial charge is 0.119 e. The van der Waals surface area contributed by atoms with E-state index in [-0.39, 0.29) is 0 Å². The largest absolute Gasteiger partial charge is 0.497 e. The zero-order valence-electron chi connectivity index (χ0n) is 9.53. The Labute approximate surface area is 94.7 Å². The van der Waals surface area contributed by atoms with E-state index in [0.29, 0.717) is 0 Å². The van der Waals surface area contributed by atoms with E-state index in [2.05, 4.69) is 17.2 Å². The molecule has 82 valence electrons. The van der Waals surface area contributed by atoms with Crippen molar-refractivity contribution in [2.75, 3.05) is 7.11 Å². The summed E-state index contributed by atoms with van der Waals surface area (Å²) < 4.78 is 7.24. The summed E-state index contributed by atoms with van der Waals surface area (Å²) in [7, 11) is 3.71. The van der Waals surface area contributed by atoms with E-state index >= 15 is 0 Å². The summed E-state index contributed by atoms with van der Waals surface area (Å²) in [6, 6.07) is 6.29. The molecule has 1 aliphatic carbocycles. The third-order valence-corrected chi connectivity index (χ3v) is 3.30. The molecule has 1 heterocycles.